The number of rotatable bonds is 8. The topological polar surface area (TPSA) is 3.24 Å². The van der Waals surface area contributed by atoms with Crippen LogP contribution in [-0.2, 0) is 0 Å². The third-order valence-electron chi connectivity index (χ3n) is 13.0. The van der Waals surface area contributed by atoms with Gasteiger partial charge in [-0.05, 0) is 159 Å². The summed E-state index contributed by atoms with van der Waals surface area (Å²) in [5.74, 6) is 0. The van der Waals surface area contributed by atoms with Gasteiger partial charge < -0.3 is 4.90 Å². The Balaban J connectivity index is 0.985. The minimum Gasteiger partial charge on any atom is -0.310 e. The Hall–Kier alpha value is -8.52. The average Bonchev–Trinajstić information content (AvgIpc) is 3.39. The van der Waals surface area contributed by atoms with Crippen LogP contribution in [0.3, 0.4) is 0 Å². The molecule has 0 fully saturated rings. The minimum absolute atomic E-state index is 1.08. The highest BCUT2D eigenvalue weighted by molar-refractivity contribution is 6.15. The second kappa shape index (κ2) is 16.3. The van der Waals surface area contributed by atoms with Crippen LogP contribution in [0.4, 0.5) is 17.1 Å². The van der Waals surface area contributed by atoms with E-state index in [1.54, 1.807) is 0 Å². The molecule has 0 saturated heterocycles. The quantitative estimate of drug-likeness (QED) is 0.138. The van der Waals surface area contributed by atoms with E-state index in [1.807, 2.05) is 0 Å². The van der Waals surface area contributed by atoms with Gasteiger partial charge >= 0.3 is 0 Å². The van der Waals surface area contributed by atoms with Crippen molar-refractivity contribution in [2.45, 2.75) is 0 Å². The highest BCUT2D eigenvalue weighted by Crippen LogP contribution is 2.43. The summed E-state index contributed by atoms with van der Waals surface area (Å²) in [5.41, 5.74) is 15.2. The Labute approximate surface area is 379 Å². The van der Waals surface area contributed by atoms with Gasteiger partial charge in [-0.25, -0.2) is 0 Å². The maximum Gasteiger partial charge on any atom is 0.0473 e. The number of benzene rings is 12. The molecule has 0 aliphatic heterocycles. The predicted molar refractivity (Wildman–Crippen MR) is 278 cm³/mol. The predicted octanol–water partition coefficient (Wildman–Crippen LogP) is 18.1. The summed E-state index contributed by atoms with van der Waals surface area (Å²) in [6.45, 7) is 0. The fourth-order valence-electron chi connectivity index (χ4n) is 9.83. The van der Waals surface area contributed by atoms with E-state index in [2.05, 4.69) is 266 Å². The molecule has 1 heteroatoms. The molecule has 65 heavy (non-hydrogen) atoms. The van der Waals surface area contributed by atoms with Crippen molar-refractivity contribution in [2.75, 3.05) is 4.90 Å². The molecule has 12 aromatic carbocycles. The van der Waals surface area contributed by atoms with E-state index < -0.39 is 0 Å². The van der Waals surface area contributed by atoms with Gasteiger partial charge in [-0.3, -0.25) is 0 Å². The average molecular weight is 826 g/mol. The lowest BCUT2D eigenvalue weighted by Gasteiger charge is -2.27. The number of nitrogens with zero attached hydrogens (tertiary/aromatic N) is 1. The fourth-order valence-corrected chi connectivity index (χ4v) is 9.83. The molecule has 0 N–H and O–H groups in total. The third kappa shape index (κ3) is 7.10. The molecule has 0 heterocycles. The van der Waals surface area contributed by atoms with E-state index in [1.165, 1.54) is 98.7 Å². The van der Waals surface area contributed by atoms with Crippen LogP contribution in [0, 0.1) is 0 Å². The van der Waals surface area contributed by atoms with Gasteiger partial charge in [0.25, 0.3) is 0 Å². The first-order valence-electron chi connectivity index (χ1n) is 22.4. The summed E-state index contributed by atoms with van der Waals surface area (Å²) < 4.78 is 0. The van der Waals surface area contributed by atoms with Gasteiger partial charge in [0.2, 0.25) is 0 Å². The molecule has 0 spiro atoms. The van der Waals surface area contributed by atoms with Crippen LogP contribution >= 0.6 is 0 Å². The first kappa shape index (κ1) is 38.2. The van der Waals surface area contributed by atoms with E-state index in [9.17, 15) is 0 Å². The van der Waals surface area contributed by atoms with E-state index in [0.717, 1.165) is 17.1 Å². The van der Waals surface area contributed by atoms with Gasteiger partial charge in [0.15, 0.2) is 0 Å². The van der Waals surface area contributed by atoms with Crippen molar-refractivity contribution < 1.29 is 0 Å². The summed E-state index contributed by atoms with van der Waals surface area (Å²) in [6, 6.07) is 95.3. The number of anilines is 3. The summed E-state index contributed by atoms with van der Waals surface area (Å²) in [5, 5.41) is 10.1. The lowest BCUT2D eigenvalue weighted by atomic mass is 9.92. The van der Waals surface area contributed by atoms with Crippen LogP contribution in [0.5, 0.6) is 0 Å². The second-order valence-electron chi connectivity index (χ2n) is 16.9. The van der Waals surface area contributed by atoms with Crippen LogP contribution in [0.1, 0.15) is 0 Å². The number of hydrogen-bond donors (Lipinski definition) is 0. The van der Waals surface area contributed by atoms with E-state index in [0.29, 0.717) is 0 Å². The SMILES string of the molecule is c1ccc(-c2cc(-c3ccccc3)cc(N(c3ccc(-c4cccc(-c5cc6ccccc6c6ccccc56)c4)cc3)c3ccc(-c4cc5ccccc5c5ccccc45)cc3)c2)cc1. The standard InChI is InChI=1S/C64H43N/c1-3-16-44(17-4-1)52-39-53(45-18-5-2-6-19-45)41-56(40-52)65(55-36-32-47(33-37-55)63-42-50-20-7-9-24-57(50)59-26-11-13-28-61(59)63)54-34-30-46(31-35-54)48-22-15-23-49(38-48)64-43-51-21-8-10-25-58(51)60-27-12-14-29-62(60)64/h1-43H. The Bertz CT molecular complexity index is 3630. The van der Waals surface area contributed by atoms with Crippen molar-refractivity contribution in [1.82, 2.24) is 0 Å². The summed E-state index contributed by atoms with van der Waals surface area (Å²) in [4.78, 5) is 2.41. The first-order valence-corrected chi connectivity index (χ1v) is 22.4. The molecule has 1 nitrogen and oxygen atoms in total. The van der Waals surface area contributed by atoms with Crippen molar-refractivity contribution >= 4 is 60.2 Å². The number of fused-ring (bicyclic) bond motifs is 6. The molecule has 0 aliphatic rings. The highest BCUT2D eigenvalue weighted by Gasteiger charge is 2.18. The smallest absolute Gasteiger partial charge is 0.0473 e. The molecule has 0 aromatic heterocycles. The Kier molecular flexibility index (Phi) is 9.58. The van der Waals surface area contributed by atoms with Gasteiger partial charge in [0, 0.05) is 17.1 Å². The highest BCUT2D eigenvalue weighted by atomic mass is 15.1. The van der Waals surface area contributed by atoms with Gasteiger partial charge in [-0.15, -0.1) is 0 Å². The second-order valence-corrected chi connectivity index (χ2v) is 16.9. The molecule has 12 aromatic rings. The lowest BCUT2D eigenvalue weighted by Crippen LogP contribution is -2.10. The van der Waals surface area contributed by atoms with E-state index in [4.69, 9.17) is 0 Å². The maximum atomic E-state index is 2.41. The molecular formula is C64H43N. The minimum atomic E-state index is 1.08. The van der Waals surface area contributed by atoms with Crippen molar-refractivity contribution in [3.05, 3.63) is 261 Å². The molecule has 0 radical (unpaired) electrons. The molecule has 0 saturated carbocycles. The van der Waals surface area contributed by atoms with E-state index in [-0.39, 0.29) is 0 Å². The van der Waals surface area contributed by atoms with Crippen molar-refractivity contribution in [2.24, 2.45) is 0 Å². The van der Waals surface area contributed by atoms with E-state index >= 15 is 0 Å². The van der Waals surface area contributed by atoms with Gasteiger partial charge in [0.05, 0.1) is 0 Å². The van der Waals surface area contributed by atoms with Crippen LogP contribution in [0.25, 0.3) is 98.7 Å². The first-order chi connectivity index (χ1) is 32.2. The van der Waals surface area contributed by atoms with Crippen molar-refractivity contribution in [3.8, 4) is 55.6 Å². The molecule has 0 amide bonds. The normalized spacial score (nSPS) is 11.4. The van der Waals surface area contributed by atoms with Crippen molar-refractivity contribution in [3.63, 3.8) is 0 Å². The Morgan fingerprint density at radius 2 is 0.554 bits per heavy atom. The zero-order valence-corrected chi connectivity index (χ0v) is 35.8. The van der Waals surface area contributed by atoms with Crippen LogP contribution in [-0.4, -0.2) is 0 Å². The summed E-state index contributed by atoms with van der Waals surface area (Å²) in [6.07, 6.45) is 0. The lowest BCUT2D eigenvalue weighted by molar-refractivity contribution is 1.28. The van der Waals surface area contributed by atoms with Gasteiger partial charge in [0.1, 0.15) is 0 Å². The van der Waals surface area contributed by atoms with Gasteiger partial charge in [-0.1, -0.05) is 200 Å². The van der Waals surface area contributed by atoms with Crippen molar-refractivity contribution in [1.29, 1.82) is 0 Å². The van der Waals surface area contributed by atoms with Crippen LogP contribution in [0.15, 0.2) is 261 Å². The molecule has 0 atom stereocenters. The fraction of sp³-hybridized carbons (Fsp3) is 0. The molecule has 12 rings (SSSR count). The molecular weight excluding hydrogens is 783 g/mol. The largest absolute Gasteiger partial charge is 0.310 e. The molecule has 0 bridgehead atoms. The van der Waals surface area contributed by atoms with Crippen LogP contribution in [0.2, 0.25) is 0 Å². The summed E-state index contributed by atoms with van der Waals surface area (Å²) >= 11 is 0. The zero-order valence-electron chi connectivity index (χ0n) is 35.8. The Morgan fingerprint density at radius 3 is 1.08 bits per heavy atom. The van der Waals surface area contributed by atoms with Crippen LogP contribution < -0.4 is 4.90 Å². The number of hydrogen-bond acceptors (Lipinski definition) is 1. The van der Waals surface area contributed by atoms with Gasteiger partial charge in [-0.2, -0.15) is 0 Å². The monoisotopic (exact) mass is 825 g/mol. The molecule has 0 unspecified atom stereocenters. The molecule has 0 aliphatic carbocycles. The molecule has 304 valence electrons. The third-order valence-corrected chi connectivity index (χ3v) is 13.0. The zero-order chi connectivity index (χ0) is 43.1. The summed E-state index contributed by atoms with van der Waals surface area (Å²) in [7, 11) is 0. The maximum absolute atomic E-state index is 2.41. The Morgan fingerprint density at radius 1 is 0.185 bits per heavy atom.